The highest BCUT2D eigenvalue weighted by Crippen LogP contribution is 2.24. The molecule has 1 unspecified atom stereocenters. The number of halogens is 1. The Balaban J connectivity index is 2.07. The number of fused-ring (bicyclic) bond motifs is 1. The minimum Gasteiger partial charge on any atom is -0.385 e. The van der Waals surface area contributed by atoms with Gasteiger partial charge in [0.1, 0.15) is 0 Å². The van der Waals surface area contributed by atoms with E-state index in [-0.39, 0.29) is 0 Å². The fraction of sp³-hybridized carbons (Fsp3) is 0.500. The molecule has 1 atom stereocenters. The van der Waals surface area contributed by atoms with Crippen molar-refractivity contribution in [2.75, 3.05) is 13.7 Å². The lowest BCUT2D eigenvalue weighted by molar-refractivity contribution is 0.181. The summed E-state index contributed by atoms with van der Waals surface area (Å²) < 4.78 is 5.09. The molecule has 0 saturated carbocycles. The normalized spacial score (nSPS) is 20.0. The molecule has 2 nitrogen and oxygen atoms in total. The molecule has 0 fully saturated rings. The first-order chi connectivity index (χ1) is 7.31. The summed E-state index contributed by atoms with van der Waals surface area (Å²) in [6, 6.07) is 6.68. The first kappa shape index (κ1) is 10.9. The molecule has 0 spiro atoms. The number of nitrogens with one attached hydrogen (secondary N) is 1. The van der Waals surface area contributed by atoms with Crippen LogP contribution in [0.5, 0.6) is 0 Å². The molecule has 82 valence electrons. The summed E-state index contributed by atoms with van der Waals surface area (Å²) in [5.74, 6) is 0. The van der Waals surface area contributed by atoms with Crippen molar-refractivity contribution < 1.29 is 4.74 Å². The van der Waals surface area contributed by atoms with Crippen molar-refractivity contribution in [2.24, 2.45) is 0 Å². The lowest BCUT2D eigenvalue weighted by Crippen LogP contribution is -2.36. The van der Waals surface area contributed by atoms with Crippen LogP contribution in [-0.2, 0) is 17.7 Å². The van der Waals surface area contributed by atoms with Gasteiger partial charge in [0.25, 0.3) is 0 Å². The zero-order valence-corrected chi connectivity index (χ0v) is 9.68. The van der Waals surface area contributed by atoms with Gasteiger partial charge in [0.2, 0.25) is 0 Å². The smallest absolute Gasteiger partial charge is 0.0477 e. The predicted molar refractivity (Wildman–Crippen MR) is 62.3 cm³/mol. The average molecular weight is 226 g/mol. The molecule has 0 amide bonds. The van der Waals surface area contributed by atoms with E-state index < -0.39 is 0 Å². The van der Waals surface area contributed by atoms with Crippen molar-refractivity contribution in [2.45, 2.75) is 25.4 Å². The van der Waals surface area contributed by atoms with Crippen LogP contribution in [0.4, 0.5) is 0 Å². The standard InChI is InChI=1S/C12H16ClNO/c1-15-6-5-10-7-9-3-2-4-12(13)11(9)8-14-10/h2-4,10,14H,5-8H2,1H3. The van der Waals surface area contributed by atoms with Crippen LogP contribution in [0.15, 0.2) is 18.2 Å². The van der Waals surface area contributed by atoms with E-state index >= 15 is 0 Å². The predicted octanol–water partition coefficient (Wildman–Crippen LogP) is 2.39. The van der Waals surface area contributed by atoms with Crippen molar-refractivity contribution in [3.8, 4) is 0 Å². The minimum atomic E-state index is 0.524. The first-order valence-electron chi connectivity index (χ1n) is 5.30. The number of rotatable bonds is 3. The molecule has 0 aromatic heterocycles. The van der Waals surface area contributed by atoms with Crippen LogP contribution < -0.4 is 5.32 Å². The SMILES string of the molecule is COCCC1Cc2cccc(Cl)c2CN1. The van der Waals surface area contributed by atoms with Crippen LogP contribution in [0.2, 0.25) is 5.02 Å². The Hall–Kier alpha value is -0.570. The Labute approximate surface area is 95.6 Å². The molecule has 1 N–H and O–H groups in total. The highest BCUT2D eigenvalue weighted by Gasteiger charge is 2.18. The van der Waals surface area contributed by atoms with E-state index in [0.29, 0.717) is 6.04 Å². The second kappa shape index (κ2) is 4.97. The van der Waals surface area contributed by atoms with Crippen LogP contribution >= 0.6 is 11.6 Å². The van der Waals surface area contributed by atoms with Gasteiger partial charge < -0.3 is 10.1 Å². The van der Waals surface area contributed by atoms with E-state index in [9.17, 15) is 0 Å². The molecule has 0 bridgehead atoms. The Bertz CT molecular complexity index is 340. The van der Waals surface area contributed by atoms with Crippen molar-refractivity contribution in [3.05, 3.63) is 34.3 Å². The van der Waals surface area contributed by atoms with Crippen LogP contribution in [-0.4, -0.2) is 19.8 Å². The second-order valence-corrected chi connectivity index (χ2v) is 4.35. The van der Waals surface area contributed by atoms with E-state index in [1.54, 1.807) is 7.11 Å². The number of hydrogen-bond acceptors (Lipinski definition) is 2. The molecule has 1 aliphatic heterocycles. The molecular formula is C12H16ClNO. The van der Waals surface area contributed by atoms with Crippen LogP contribution in [0.3, 0.4) is 0 Å². The maximum Gasteiger partial charge on any atom is 0.0477 e. The van der Waals surface area contributed by atoms with Crippen LogP contribution in [0.1, 0.15) is 17.5 Å². The van der Waals surface area contributed by atoms with E-state index in [0.717, 1.165) is 31.0 Å². The lowest BCUT2D eigenvalue weighted by atomic mass is 9.94. The van der Waals surface area contributed by atoms with E-state index in [2.05, 4.69) is 11.4 Å². The number of methoxy groups -OCH3 is 1. The van der Waals surface area contributed by atoms with Gasteiger partial charge in [-0.05, 0) is 30.0 Å². The topological polar surface area (TPSA) is 21.3 Å². The van der Waals surface area contributed by atoms with E-state index in [4.69, 9.17) is 16.3 Å². The van der Waals surface area contributed by atoms with Gasteiger partial charge in [-0.2, -0.15) is 0 Å². The molecular weight excluding hydrogens is 210 g/mol. The summed E-state index contributed by atoms with van der Waals surface area (Å²) in [6.07, 6.45) is 2.11. The average Bonchev–Trinajstić information content (AvgIpc) is 2.26. The van der Waals surface area contributed by atoms with Crippen molar-refractivity contribution >= 4 is 11.6 Å². The Morgan fingerprint density at radius 3 is 3.20 bits per heavy atom. The number of ether oxygens (including phenoxy) is 1. The van der Waals surface area contributed by atoms with Gasteiger partial charge in [-0.25, -0.2) is 0 Å². The minimum absolute atomic E-state index is 0.524. The van der Waals surface area contributed by atoms with Crippen molar-refractivity contribution in [1.29, 1.82) is 0 Å². The molecule has 0 radical (unpaired) electrons. The summed E-state index contributed by atoms with van der Waals surface area (Å²) in [5.41, 5.74) is 2.63. The Kier molecular flexibility index (Phi) is 3.62. The van der Waals surface area contributed by atoms with Crippen molar-refractivity contribution in [1.82, 2.24) is 5.32 Å². The molecule has 0 saturated heterocycles. The van der Waals surface area contributed by atoms with E-state index in [1.807, 2.05) is 12.1 Å². The fourth-order valence-corrected chi connectivity index (χ4v) is 2.30. The molecule has 1 aromatic rings. The highest BCUT2D eigenvalue weighted by molar-refractivity contribution is 6.31. The van der Waals surface area contributed by atoms with Gasteiger partial charge in [-0.1, -0.05) is 23.7 Å². The third-order valence-electron chi connectivity index (χ3n) is 2.92. The maximum absolute atomic E-state index is 6.13. The van der Waals surface area contributed by atoms with Gasteiger partial charge >= 0.3 is 0 Å². The van der Waals surface area contributed by atoms with Gasteiger partial charge in [0.15, 0.2) is 0 Å². The fourth-order valence-electron chi connectivity index (χ4n) is 2.04. The number of hydrogen-bond donors (Lipinski definition) is 1. The van der Waals surface area contributed by atoms with Gasteiger partial charge in [-0.15, -0.1) is 0 Å². The summed E-state index contributed by atoms with van der Waals surface area (Å²) in [7, 11) is 1.74. The summed E-state index contributed by atoms with van der Waals surface area (Å²) in [5, 5.41) is 4.37. The molecule has 1 aliphatic rings. The molecule has 2 rings (SSSR count). The van der Waals surface area contributed by atoms with Crippen LogP contribution in [0.25, 0.3) is 0 Å². The number of benzene rings is 1. The third kappa shape index (κ3) is 2.51. The molecule has 1 aromatic carbocycles. The second-order valence-electron chi connectivity index (χ2n) is 3.94. The monoisotopic (exact) mass is 225 g/mol. The molecule has 3 heteroatoms. The summed E-state index contributed by atoms with van der Waals surface area (Å²) in [6.45, 7) is 1.69. The molecule has 15 heavy (non-hydrogen) atoms. The molecule has 1 heterocycles. The quantitative estimate of drug-likeness (QED) is 0.853. The zero-order valence-electron chi connectivity index (χ0n) is 8.92. The van der Waals surface area contributed by atoms with Gasteiger partial charge in [-0.3, -0.25) is 0 Å². The van der Waals surface area contributed by atoms with Crippen LogP contribution in [0, 0.1) is 0 Å². The van der Waals surface area contributed by atoms with Gasteiger partial charge in [0, 0.05) is 31.3 Å². The highest BCUT2D eigenvalue weighted by atomic mass is 35.5. The zero-order chi connectivity index (χ0) is 10.7. The third-order valence-corrected chi connectivity index (χ3v) is 3.27. The largest absolute Gasteiger partial charge is 0.385 e. The van der Waals surface area contributed by atoms with Crippen molar-refractivity contribution in [3.63, 3.8) is 0 Å². The Morgan fingerprint density at radius 2 is 2.40 bits per heavy atom. The Morgan fingerprint density at radius 1 is 1.53 bits per heavy atom. The summed E-state index contributed by atoms with van der Waals surface area (Å²) >= 11 is 6.13. The van der Waals surface area contributed by atoms with E-state index in [1.165, 1.54) is 11.1 Å². The maximum atomic E-state index is 6.13. The molecule has 0 aliphatic carbocycles. The lowest BCUT2D eigenvalue weighted by Gasteiger charge is -2.26. The first-order valence-corrected chi connectivity index (χ1v) is 5.67. The summed E-state index contributed by atoms with van der Waals surface area (Å²) in [4.78, 5) is 0. The van der Waals surface area contributed by atoms with Gasteiger partial charge in [0.05, 0.1) is 0 Å².